The number of nitrogens with one attached hydrogen (secondary N) is 1. The van der Waals surface area contributed by atoms with Crippen LogP contribution in [0.15, 0.2) is 96.1 Å². The number of aromatic amines is 1. The van der Waals surface area contributed by atoms with E-state index in [1.807, 2.05) is 88.4 Å². The number of aromatic nitrogens is 1. The summed E-state index contributed by atoms with van der Waals surface area (Å²) >= 11 is 6.59. The van der Waals surface area contributed by atoms with E-state index in [1.54, 1.807) is 45.3 Å². The number of rotatable bonds is 4. The summed E-state index contributed by atoms with van der Waals surface area (Å²) in [5, 5.41) is 0. The summed E-state index contributed by atoms with van der Waals surface area (Å²) in [7, 11) is 0. The summed E-state index contributed by atoms with van der Waals surface area (Å²) in [6.07, 6.45) is 0. The number of hydrogen-bond acceptors (Lipinski definition) is 6. The highest BCUT2D eigenvalue weighted by atomic mass is 32.1. The maximum atomic E-state index is 13.4. The molecule has 0 bridgehead atoms. The van der Waals surface area contributed by atoms with Gasteiger partial charge in [0, 0.05) is 62.4 Å². The van der Waals surface area contributed by atoms with Crippen LogP contribution in [0.25, 0.3) is 52.0 Å². The van der Waals surface area contributed by atoms with E-state index in [4.69, 9.17) is 2.74 Å². The van der Waals surface area contributed by atoms with Crippen molar-refractivity contribution in [2.75, 3.05) is 0 Å². The molecule has 0 unspecified atom stereocenters. The fourth-order valence-corrected chi connectivity index (χ4v) is 11.4. The van der Waals surface area contributed by atoms with Crippen LogP contribution in [0, 0.1) is 0 Å². The molecule has 0 spiro atoms. The summed E-state index contributed by atoms with van der Waals surface area (Å²) < 4.78 is 20.6. The lowest BCUT2D eigenvalue weighted by molar-refractivity contribution is 0.102. The van der Waals surface area contributed by atoms with Gasteiger partial charge in [0.15, 0.2) is 11.6 Å². The van der Waals surface area contributed by atoms with Crippen LogP contribution in [-0.2, 0) is 10.8 Å². The van der Waals surface area contributed by atoms with Gasteiger partial charge in [0.2, 0.25) is 0 Å². The van der Waals surface area contributed by atoms with Crippen molar-refractivity contribution < 1.29 is 12.3 Å². The number of fused-ring (bicyclic) bond motifs is 5. The van der Waals surface area contributed by atoms with E-state index in [9.17, 15) is 9.59 Å². The molecule has 0 atom stereocenters. The third kappa shape index (κ3) is 4.34. The minimum Gasteiger partial charge on any atom is -0.353 e. The van der Waals surface area contributed by atoms with E-state index >= 15 is 0 Å². The summed E-state index contributed by atoms with van der Waals surface area (Å²) in [5.74, 6) is -0.0912. The lowest BCUT2D eigenvalue weighted by atomic mass is 9.82. The van der Waals surface area contributed by atoms with Crippen LogP contribution in [0.2, 0.25) is 0 Å². The standard InChI is InChI=1S/C40H29NO2S4/c1-39(2)25-11-7-5-9-23(25)35(42)27(39)17-21-13-15-31(44-21)33-19-29-37(46-33)38-30(41-29)20-34(47-38)32-16-14-22(45-32)18-28-36(43)24-10-6-8-12-26(24)40(28,3)4/h5-20,41H,1-4H3/b27-17-,28-18+/i17D,18D. The van der Waals surface area contributed by atoms with Crippen LogP contribution in [0.4, 0.5) is 0 Å². The Balaban J connectivity index is 1.03. The Bertz CT molecular complexity index is 2450. The second-order valence-electron chi connectivity index (χ2n) is 13.2. The molecule has 2 aliphatic rings. The van der Waals surface area contributed by atoms with E-state index in [0.29, 0.717) is 34.4 Å². The van der Waals surface area contributed by atoms with Gasteiger partial charge in [0.25, 0.3) is 0 Å². The Hall–Kier alpha value is -4.14. The van der Waals surface area contributed by atoms with Gasteiger partial charge in [0.05, 0.1) is 23.2 Å². The maximum absolute atomic E-state index is 13.4. The molecule has 7 heteroatoms. The topological polar surface area (TPSA) is 49.9 Å². The smallest absolute Gasteiger partial charge is 0.190 e. The number of hydrogen-bond donors (Lipinski definition) is 1. The van der Waals surface area contributed by atoms with Crippen LogP contribution in [0.1, 0.15) is 72.0 Å². The molecule has 5 heterocycles. The summed E-state index contributed by atoms with van der Waals surface area (Å²) in [4.78, 5) is 36.4. The zero-order valence-electron chi connectivity index (χ0n) is 28.0. The van der Waals surface area contributed by atoms with Crippen LogP contribution in [0.5, 0.6) is 0 Å². The lowest BCUT2D eigenvalue weighted by Crippen LogP contribution is -2.16. The molecule has 2 aliphatic carbocycles. The first-order valence-electron chi connectivity index (χ1n) is 16.4. The third-order valence-electron chi connectivity index (χ3n) is 9.53. The Morgan fingerprint density at radius 3 is 1.43 bits per heavy atom. The fourth-order valence-electron chi connectivity index (χ4n) is 7.00. The number of benzene rings is 2. The molecule has 0 fully saturated rings. The number of allylic oxidation sites excluding steroid dienone is 2. The third-order valence-corrected chi connectivity index (χ3v) is 14.4. The minimum atomic E-state index is -0.519. The number of ketones is 2. The van der Waals surface area contributed by atoms with E-state index in [-0.39, 0.29) is 11.6 Å². The molecule has 3 nitrogen and oxygen atoms in total. The molecule has 1 N–H and O–H groups in total. The second-order valence-corrected chi connectivity index (χ2v) is 17.4. The molecule has 9 rings (SSSR count). The first-order valence-corrected chi connectivity index (χ1v) is 18.7. The van der Waals surface area contributed by atoms with Crippen LogP contribution in [0.3, 0.4) is 0 Å². The molecule has 0 amide bonds. The van der Waals surface area contributed by atoms with Crippen molar-refractivity contribution in [1.29, 1.82) is 0 Å². The van der Waals surface area contributed by atoms with Crippen LogP contribution >= 0.6 is 45.3 Å². The molecule has 47 heavy (non-hydrogen) atoms. The highest BCUT2D eigenvalue weighted by Crippen LogP contribution is 2.48. The molecular weight excluding hydrogens is 655 g/mol. The van der Waals surface area contributed by atoms with Gasteiger partial charge in [-0.2, -0.15) is 0 Å². The Labute approximate surface area is 291 Å². The van der Waals surface area contributed by atoms with E-state index < -0.39 is 10.8 Å². The van der Waals surface area contributed by atoms with Gasteiger partial charge in [-0.05, 0) is 59.6 Å². The molecule has 2 aromatic carbocycles. The van der Waals surface area contributed by atoms with Gasteiger partial charge in [0.1, 0.15) is 0 Å². The summed E-state index contributed by atoms with van der Waals surface area (Å²) in [5.41, 5.74) is 5.62. The highest BCUT2D eigenvalue weighted by molar-refractivity contribution is 7.32. The van der Waals surface area contributed by atoms with Crippen molar-refractivity contribution in [3.8, 4) is 19.5 Å². The first kappa shape index (κ1) is 26.9. The number of H-pyrrole nitrogens is 1. The maximum Gasteiger partial charge on any atom is 0.190 e. The van der Waals surface area contributed by atoms with Gasteiger partial charge in [-0.1, -0.05) is 76.2 Å². The Kier molecular flexibility index (Phi) is 5.82. The predicted octanol–water partition coefficient (Wildman–Crippen LogP) is 12.0. The van der Waals surface area contributed by atoms with Gasteiger partial charge < -0.3 is 4.98 Å². The Morgan fingerprint density at radius 2 is 1.00 bits per heavy atom. The minimum absolute atomic E-state index is 0.0456. The predicted molar refractivity (Wildman–Crippen MR) is 202 cm³/mol. The molecule has 230 valence electrons. The summed E-state index contributed by atoms with van der Waals surface area (Å²) in [6, 6.07) is 28.5. The molecule has 0 aliphatic heterocycles. The zero-order chi connectivity index (χ0) is 34.0. The van der Waals surface area contributed by atoms with Gasteiger partial charge >= 0.3 is 0 Å². The van der Waals surface area contributed by atoms with Crippen molar-refractivity contribution in [3.05, 3.63) is 128 Å². The molecule has 5 aromatic heterocycles. The van der Waals surface area contributed by atoms with Crippen molar-refractivity contribution in [2.24, 2.45) is 0 Å². The van der Waals surface area contributed by atoms with E-state index in [0.717, 1.165) is 51.4 Å². The average molecular weight is 686 g/mol. The second kappa shape index (κ2) is 10.2. The molecular formula is C40H29NO2S4. The molecule has 0 saturated heterocycles. The monoisotopic (exact) mass is 685 g/mol. The van der Waals surface area contributed by atoms with Gasteiger partial charge in [-0.15, -0.1) is 45.3 Å². The first-order chi connectivity index (χ1) is 23.4. The number of Topliss-reactive ketones (excluding diaryl/α,β-unsaturated/α-hetero) is 2. The molecule has 0 radical (unpaired) electrons. The SMILES string of the molecule is [2H]/C(=C1/C(=O)c2ccccc2C1(C)C)c1ccc(-c2cc3[nH]c4cc(-c5ccc(/C([2H])=C6/C(=O)c7ccccc7C6(C)C)s5)sc4c3s2)s1. The highest BCUT2D eigenvalue weighted by Gasteiger charge is 2.41. The van der Waals surface area contributed by atoms with Crippen LogP contribution in [-0.4, -0.2) is 16.6 Å². The normalized spacial score (nSPS) is 19.3. The fraction of sp³-hybridized carbons (Fsp3) is 0.150. The average Bonchev–Trinajstić information content (AvgIpc) is 3.93. The zero-order valence-corrected chi connectivity index (χ0v) is 29.3. The number of carbonyl (C=O) groups is 2. The lowest BCUT2D eigenvalue weighted by Gasteiger charge is -2.20. The van der Waals surface area contributed by atoms with E-state index in [2.05, 4.69) is 29.2 Å². The quantitative estimate of drug-likeness (QED) is 0.188. The van der Waals surface area contributed by atoms with Crippen molar-refractivity contribution >= 4 is 89.5 Å². The van der Waals surface area contributed by atoms with Crippen molar-refractivity contribution in [1.82, 2.24) is 4.98 Å². The van der Waals surface area contributed by atoms with E-state index in [1.165, 1.54) is 9.40 Å². The molecule has 0 saturated carbocycles. The largest absolute Gasteiger partial charge is 0.353 e. The number of thiophene rings is 4. The summed E-state index contributed by atoms with van der Waals surface area (Å²) in [6.45, 7) is 8.14. The van der Waals surface area contributed by atoms with Crippen molar-refractivity contribution in [2.45, 2.75) is 38.5 Å². The van der Waals surface area contributed by atoms with Gasteiger partial charge in [-0.25, -0.2) is 0 Å². The molecule has 7 aromatic rings. The number of carbonyl (C=O) groups excluding carboxylic acids is 2. The van der Waals surface area contributed by atoms with Crippen molar-refractivity contribution in [3.63, 3.8) is 0 Å². The Morgan fingerprint density at radius 1 is 0.574 bits per heavy atom. The van der Waals surface area contributed by atoms with Crippen LogP contribution < -0.4 is 0 Å². The van der Waals surface area contributed by atoms with Gasteiger partial charge in [-0.3, -0.25) is 9.59 Å².